The van der Waals surface area contributed by atoms with Gasteiger partial charge >= 0.3 is 5.97 Å². The molecule has 1 aliphatic rings. The van der Waals surface area contributed by atoms with Crippen LogP contribution >= 0.6 is 11.3 Å². The monoisotopic (exact) mass is 408 g/mol. The summed E-state index contributed by atoms with van der Waals surface area (Å²) in [6.45, 7) is 10.2. The number of carboxylic acid groups (broad SMARTS) is 1. The van der Waals surface area contributed by atoms with Gasteiger partial charge in [-0.3, -0.25) is 0 Å². The van der Waals surface area contributed by atoms with Gasteiger partial charge in [0, 0.05) is 25.8 Å². The van der Waals surface area contributed by atoms with E-state index in [1.54, 1.807) is 7.11 Å². The molecule has 0 spiro atoms. The Labute approximate surface area is 172 Å². The van der Waals surface area contributed by atoms with Crippen molar-refractivity contribution in [3.63, 3.8) is 0 Å². The second-order valence-electron chi connectivity index (χ2n) is 6.74. The highest BCUT2D eigenvalue weighted by molar-refractivity contribution is 7.18. The van der Waals surface area contributed by atoms with Crippen molar-refractivity contribution in [2.45, 2.75) is 6.10 Å². The standard InChI is InChI=1S/C22H20N2O4S/c1-23-18-17(20(22(25)26)29-21(18)24-9-11-28-12-10-24)19(27-2)16-8-7-14-5-3-4-6-15(14)13-16/h3-8,13,19H,9-12H2,2H3,(H,25,26). The van der Waals surface area contributed by atoms with Gasteiger partial charge in [-0.15, -0.1) is 11.3 Å². The molecule has 1 saturated heterocycles. The number of anilines is 1. The van der Waals surface area contributed by atoms with Crippen LogP contribution in [-0.2, 0) is 9.47 Å². The number of hydrogen-bond donors (Lipinski definition) is 1. The van der Waals surface area contributed by atoms with Crippen molar-refractivity contribution in [1.29, 1.82) is 0 Å². The molecule has 0 saturated carbocycles. The summed E-state index contributed by atoms with van der Waals surface area (Å²) in [6, 6.07) is 13.9. The largest absolute Gasteiger partial charge is 0.477 e. The molecule has 1 aliphatic heterocycles. The molecule has 6 nitrogen and oxygen atoms in total. The van der Waals surface area contributed by atoms with Gasteiger partial charge < -0.3 is 19.5 Å². The van der Waals surface area contributed by atoms with Crippen molar-refractivity contribution in [3.8, 4) is 0 Å². The summed E-state index contributed by atoms with van der Waals surface area (Å²) in [5, 5.41) is 12.7. The first-order valence-electron chi connectivity index (χ1n) is 9.25. The number of morpholine rings is 1. The van der Waals surface area contributed by atoms with E-state index in [2.05, 4.69) is 4.85 Å². The average Bonchev–Trinajstić information content (AvgIpc) is 3.14. The number of ether oxygens (including phenoxy) is 2. The lowest BCUT2D eigenvalue weighted by Crippen LogP contribution is -2.35. The molecule has 2 aromatic carbocycles. The zero-order valence-electron chi connectivity index (χ0n) is 15.9. The van der Waals surface area contributed by atoms with Crippen LogP contribution in [-0.4, -0.2) is 44.5 Å². The highest BCUT2D eigenvalue weighted by atomic mass is 32.1. The Morgan fingerprint density at radius 1 is 1.24 bits per heavy atom. The maximum Gasteiger partial charge on any atom is 0.344 e. The van der Waals surface area contributed by atoms with E-state index in [0.29, 0.717) is 42.6 Å². The molecule has 0 amide bonds. The van der Waals surface area contributed by atoms with E-state index in [9.17, 15) is 9.90 Å². The van der Waals surface area contributed by atoms with Gasteiger partial charge in [-0.2, -0.15) is 0 Å². The van der Waals surface area contributed by atoms with E-state index < -0.39 is 12.1 Å². The number of thiophene rings is 1. The van der Waals surface area contributed by atoms with Gasteiger partial charge in [-0.25, -0.2) is 9.64 Å². The molecule has 4 rings (SSSR count). The Bertz CT molecular complexity index is 1100. The van der Waals surface area contributed by atoms with Crippen LogP contribution in [0.5, 0.6) is 0 Å². The Morgan fingerprint density at radius 2 is 1.97 bits per heavy atom. The van der Waals surface area contributed by atoms with Gasteiger partial charge in [0.15, 0.2) is 0 Å². The third kappa shape index (κ3) is 3.58. The quantitative estimate of drug-likeness (QED) is 0.619. The van der Waals surface area contributed by atoms with E-state index in [-0.39, 0.29) is 4.88 Å². The second-order valence-corrected chi connectivity index (χ2v) is 7.74. The summed E-state index contributed by atoms with van der Waals surface area (Å²) in [4.78, 5) is 18.0. The van der Waals surface area contributed by atoms with Crippen LogP contribution in [0.3, 0.4) is 0 Å². The average molecular weight is 408 g/mol. The van der Waals surface area contributed by atoms with E-state index >= 15 is 0 Å². The minimum absolute atomic E-state index is 0.150. The first-order valence-corrected chi connectivity index (χ1v) is 10.1. The van der Waals surface area contributed by atoms with Gasteiger partial charge in [0.25, 0.3) is 0 Å². The fourth-order valence-corrected chi connectivity index (χ4v) is 4.86. The second kappa shape index (κ2) is 8.21. The molecule has 1 atom stereocenters. The summed E-state index contributed by atoms with van der Waals surface area (Å²) in [7, 11) is 1.55. The first-order chi connectivity index (χ1) is 14.1. The SMILES string of the molecule is [C-]#[N+]c1c(N2CCOCC2)sc(C(=O)O)c1C(OC)c1ccc2ccccc2c1. The number of benzene rings is 2. The van der Waals surface area contributed by atoms with Gasteiger partial charge in [0.05, 0.1) is 30.9 Å². The molecular weight excluding hydrogens is 388 g/mol. The zero-order valence-corrected chi connectivity index (χ0v) is 16.7. The highest BCUT2D eigenvalue weighted by Gasteiger charge is 2.32. The molecule has 2 heterocycles. The molecule has 1 unspecified atom stereocenters. The third-order valence-electron chi connectivity index (χ3n) is 5.08. The van der Waals surface area contributed by atoms with Crippen LogP contribution in [0.4, 0.5) is 10.7 Å². The molecule has 0 aliphatic carbocycles. The lowest BCUT2D eigenvalue weighted by molar-refractivity contribution is 0.0693. The lowest BCUT2D eigenvalue weighted by atomic mass is 9.97. The smallest absolute Gasteiger partial charge is 0.344 e. The number of methoxy groups -OCH3 is 1. The molecule has 1 aromatic heterocycles. The van der Waals surface area contributed by atoms with Gasteiger partial charge in [-0.05, 0) is 22.4 Å². The number of fused-ring (bicyclic) bond motifs is 1. The number of nitrogens with zero attached hydrogens (tertiary/aromatic N) is 2. The Kier molecular flexibility index (Phi) is 5.49. The minimum atomic E-state index is -1.04. The number of aromatic carboxylic acids is 1. The zero-order chi connectivity index (χ0) is 20.4. The number of carbonyl (C=O) groups is 1. The van der Waals surface area contributed by atoms with E-state index in [1.165, 1.54) is 0 Å². The molecular formula is C22H20N2O4S. The first kappa shape index (κ1) is 19.4. The minimum Gasteiger partial charge on any atom is -0.477 e. The molecule has 7 heteroatoms. The molecule has 29 heavy (non-hydrogen) atoms. The Morgan fingerprint density at radius 3 is 2.62 bits per heavy atom. The van der Waals surface area contributed by atoms with Crippen molar-refractivity contribution < 1.29 is 19.4 Å². The summed E-state index contributed by atoms with van der Waals surface area (Å²) in [5.74, 6) is -1.04. The van der Waals surface area contributed by atoms with Crippen molar-refractivity contribution in [2.24, 2.45) is 0 Å². The maximum absolute atomic E-state index is 12.1. The van der Waals surface area contributed by atoms with Crippen molar-refractivity contribution in [3.05, 3.63) is 69.9 Å². The fraction of sp³-hybridized carbons (Fsp3) is 0.273. The Balaban J connectivity index is 1.87. The topological polar surface area (TPSA) is 63.4 Å². The van der Waals surface area contributed by atoms with Crippen LogP contribution in [0, 0.1) is 6.57 Å². The summed E-state index contributed by atoms with van der Waals surface area (Å²) in [6.07, 6.45) is -0.638. The number of hydrogen-bond acceptors (Lipinski definition) is 5. The van der Waals surface area contributed by atoms with Crippen molar-refractivity contribution in [2.75, 3.05) is 38.3 Å². The Hall–Kier alpha value is -2.92. The molecule has 1 fully saturated rings. The predicted octanol–water partition coefficient (Wildman–Crippen LogP) is 4.72. The summed E-state index contributed by atoms with van der Waals surface area (Å²) >= 11 is 1.14. The molecule has 3 aromatic rings. The van der Waals surface area contributed by atoms with Crippen molar-refractivity contribution >= 4 is 38.8 Å². The van der Waals surface area contributed by atoms with Crippen LogP contribution in [0.15, 0.2) is 42.5 Å². The highest BCUT2D eigenvalue weighted by Crippen LogP contribution is 2.48. The van der Waals surface area contributed by atoms with Gasteiger partial charge in [-0.1, -0.05) is 36.4 Å². The van der Waals surface area contributed by atoms with E-state index in [1.807, 2.05) is 47.4 Å². The normalized spacial score (nSPS) is 15.2. The molecule has 0 radical (unpaired) electrons. The van der Waals surface area contributed by atoms with Crippen LogP contribution in [0.2, 0.25) is 0 Å². The molecule has 148 valence electrons. The number of rotatable bonds is 5. The summed E-state index contributed by atoms with van der Waals surface area (Å²) < 4.78 is 11.2. The van der Waals surface area contributed by atoms with Gasteiger partial charge in [0.1, 0.15) is 4.88 Å². The van der Waals surface area contributed by atoms with Crippen LogP contribution in [0.1, 0.15) is 26.9 Å². The fourth-order valence-electron chi connectivity index (χ4n) is 3.71. The predicted molar refractivity (Wildman–Crippen MR) is 113 cm³/mol. The lowest BCUT2D eigenvalue weighted by Gasteiger charge is -2.28. The third-order valence-corrected chi connectivity index (χ3v) is 6.32. The van der Waals surface area contributed by atoms with E-state index in [0.717, 1.165) is 27.7 Å². The maximum atomic E-state index is 12.1. The van der Waals surface area contributed by atoms with Crippen LogP contribution in [0.25, 0.3) is 15.6 Å². The van der Waals surface area contributed by atoms with E-state index in [4.69, 9.17) is 16.0 Å². The molecule has 0 bridgehead atoms. The summed E-state index contributed by atoms with van der Waals surface area (Å²) in [5.41, 5.74) is 1.61. The van der Waals surface area contributed by atoms with Crippen LogP contribution < -0.4 is 4.90 Å². The van der Waals surface area contributed by atoms with Gasteiger partial charge in [0.2, 0.25) is 5.69 Å². The van der Waals surface area contributed by atoms with Crippen molar-refractivity contribution in [1.82, 2.24) is 0 Å². The molecule has 1 N–H and O–H groups in total. The number of carboxylic acids is 1.